The Kier molecular flexibility index (Phi) is 3.07. The maximum Gasteiger partial charge on any atom is 0.364 e. The van der Waals surface area contributed by atoms with Crippen LogP contribution < -0.4 is 15.3 Å². The van der Waals surface area contributed by atoms with Gasteiger partial charge in [0.15, 0.2) is 5.75 Å². The minimum absolute atomic E-state index is 0.0777. The number of hydrogen-bond donors (Lipinski definition) is 2. The molecule has 18 heavy (non-hydrogen) atoms. The lowest BCUT2D eigenvalue weighted by Gasteiger charge is -2.05. The average Bonchev–Trinajstić information content (AvgIpc) is 2.24. The van der Waals surface area contributed by atoms with Crippen molar-refractivity contribution in [1.29, 1.82) is 0 Å². The van der Waals surface area contributed by atoms with Crippen molar-refractivity contribution in [3.05, 3.63) is 40.2 Å². The highest BCUT2D eigenvalue weighted by molar-refractivity contribution is 7.83. The minimum atomic E-state index is -4.46. The maximum absolute atomic E-state index is 11.2. The molecule has 0 saturated carbocycles. The summed E-state index contributed by atoms with van der Waals surface area (Å²) < 4.78 is 34.2. The minimum Gasteiger partial charge on any atom is -0.423 e. The summed E-state index contributed by atoms with van der Waals surface area (Å²) in [6.45, 7) is 1.75. The molecule has 0 aliphatic carbocycles. The summed E-state index contributed by atoms with van der Waals surface area (Å²) in [7, 11) is -4.46. The van der Waals surface area contributed by atoms with Gasteiger partial charge in [-0.1, -0.05) is 0 Å². The summed E-state index contributed by atoms with van der Waals surface area (Å²) >= 11 is 0. The first-order valence-electron chi connectivity index (χ1n) is 4.81. The molecule has 0 aliphatic rings. The fourth-order valence-electron chi connectivity index (χ4n) is 1.47. The van der Waals surface area contributed by atoms with Gasteiger partial charge in [0.25, 0.3) is 0 Å². The van der Waals surface area contributed by atoms with Gasteiger partial charge in [-0.15, -0.1) is 0 Å². The summed E-state index contributed by atoms with van der Waals surface area (Å²) in [5.41, 5.74) is 0.477. The van der Waals surface area contributed by atoms with Crippen molar-refractivity contribution in [2.24, 2.45) is 0 Å². The second kappa shape index (κ2) is 4.41. The van der Waals surface area contributed by atoms with Crippen molar-refractivity contribution in [3.8, 4) is 5.75 Å². The molecule has 96 valence electrons. The molecular formula is C10H9NO6S. The Hall–Kier alpha value is -1.90. The third-order valence-corrected chi connectivity index (χ3v) is 2.48. The maximum atomic E-state index is 11.2. The molecule has 7 nitrogen and oxygen atoms in total. The molecule has 2 aromatic rings. The van der Waals surface area contributed by atoms with Gasteiger partial charge >= 0.3 is 15.9 Å². The van der Waals surface area contributed by atoms with Crippen LogP contribution >= 0.6 is 0 Å². The molecule has 0 amide bonds. The summed E-state index contributed by atoms with van der Waals surface area (Å²) in [6.07, 6.45) is 0. The van der Waals surface area contributed by atoms with Crippen molar-refractivity contribution in [3.63, 3.8) is 0 Å². The summed E-state index contributed by atoms with van der Waals surface area (Å²) in [5.74, 6) is 0.0777. The van der Waals surface area contributed by atoms with Gasteiger partial charge in [0.2, 0.25) is 0 Å². The Labute approximate surface area is 102 Å². The lowest BCUT2D eigenvalue weighted by atomic mass is 10.1. The number of fused-ring (bicyclic) bond motifs is 1. The van der Waals surface area contributed by atoms with Crippen LogP contribution in [-0.2, 0) is 10.3 Å². The van der Waals surface area contributed by atoms with E-state index in [1.807, 2.05) is 0 Å². The molecule has 1 aromatic heterocycles. The van der Waals surface area contributed by atoms with E-state index >= 15 is 0 Å². The van der Waals surface area contributed by atoms with Gasteiger partial charge in [0, 0.05) is 17.5 Å². The van der Waals surface area contributed by atoms with Crippen molar-refractivity contribution >= 4 is 21.3 Å². The number of nitrogens with one attached hydrogen (secondary N) is 1. The van der Waals surface area contributed by atoms with E-state index in [1.165, 1.54) is 23.1 Å². The highest BCUT2D eigenvalue weighted by Crippen LogP contribution is 2.21. The molecular weight excluding hydrogens is 262 g/mol. The van der Waals surface area contributed by atoms with E-state index in [0.29, 0.717) is 5.39 Å². The Balaban J connectivity index is 2.41. The van der Waals surface area contributed by atoms with Gasteiger partial charge < -0.3 is 9.25 Å². The van der Waals surface area contributed by atoms with Gasteiger partial charge in [-0.05, 0) is 29.5 Å². The molecule has 0 radical (unpaired) electrons. The molecule has 0 aliphatic heterocycles. The van der Waals surface area contributed by atoms with Crippen molar-refractivity contribution in [1.82, 2.24) is 4.89 Å². The smallest absolute Gasteiger partial charge is 0.364 e. The number of benzene rings is 1. The predicted molar refractivity (Wildman–Crippen MR) is 62.5 cm³/mol. The molecule has 0 saturated heterocycles. The standard InChI is InChI=1S/C10H9NO6S/c1-6-4-10(12)16-9-5-7(2-3-8(6)9)17-11-18(13,14)15/h2-5,11H,1H3,(H,13,14,15). The highest BCUT2D eigenvalue weighted by atomic mass is 32.2. The summed E-state index contributed by atoms with van der Waals surface area (Å²) in [5, 5.41) is 0.703. The molecule has 8 heteroatoms. The lowest BCUT2D eigenvalue weighted by molar-refractivity contribution is 0.251. The molecule has 0 bridgehead atoms. The van der Waals surface area contributed by atoms with E-state index in [0.717, 1.165) is 5.56 Å². The topological polar surface area (TPSA) is 106 Å². The normalized spacial score (nSPS) is 11.7. The second-order valence-electron chi connectivity index (χ2n) is 3.57. The van der Waals surface area contributed by atoms with Crippen molar-refractivity contribution in [2.75, 3.05) is 0 Å². The third-order valence-electron chi connectivity index (χ3n) is 2.19. The van der Waals surface area contributed by atoms with E-state index in [4.69, 9.17) is 8.97 Å². The van der Waals surface area contributed by atoms with Crippen LogP contribution in [0.4, 0.5) is 0 Å². The monoisotopic (exact) mass is 271 g/mol. The molecule has 1 aromatic carbocycles. The van der Waals surface area contributed by atoms with Crippen LogP contribution in [-0.4, -0.2) is 13.0 Å². The quantitative estimate of drug-likeness (QED) is 0.485. The van der Waals surface area contributed by atoms with Crippen LogP contribution in [0.25, 0.3) is 11.0 Å². The van der Waals surface area contributed by atoms with E-state index in [1.54, 1.807) is 13.0 Å². The average molecular weight is 271 g/mol. The van der Waals surface area contributed by atoms with Gasteiger partial charge in [-0.2, -0.15) is 8.42 Å². The fourth-order valence-corrected chi connectivity index (χ4v) is 1.67. The van der Waals surface area contributed by atoms with E-state index in [2.05, 4.69) is 4.84 Å². The summed E-state index contributed by atoms with van der Waals surface area (Å²) in [6, 6.07) is 5.75. The van der Waals surface area contributed by atoms with Crippen LogP contribution in [0.15, 0.2) is 33.5 Å². The van der Waals surface area contributed by atoms with E-state index in [9.17, 15) is 13.2 Å². The molecule has 2 rings (SSSR count). The first kappa shape index (κ1) is 12.6. The van der Waals surface area contributed by atoms with Crippen LogP contribution in [0.2, 0.25) is 0 Å². The fraction of sp³-hybridized carbons (Fsp3) is 0.100. The Morgan fingerprint density at radius 3 is 2.72 bits per heavy atom. The van der Waals surface area contributed by atoms with Gasteiger partial charge in [-0.3, -0.25) is 4.55 Å². The first-order chi connectivity index (χ1) is 8.35. The third kappa shape index (κ3) is 2.86. The highest BCUT2D eigenvalue weighted by Gasteiger charge is 2.07. The van der Waals surface area contributed by atoms with Crippen molar-refractivity contribution in [2.45, 2.75) is 6.92 Å². The molecule has 0 unspecified atom stereocenters. The van der Waals surface area contributed by atoms with E-state index in [-0.39, 0.29) is 11.3 Å². The molecule has 1 heterocycles. The molecule has 2 N–H and O–H groups in total. The zero-order chi connectivity index (χ0) is 13.3. The molecule has 0 atom stereocenters. The summed E-state index contributed by atoms with van der Waals surface area (Å²) in [4.78, 5) is 17.2. The Bertz CT molecular complexity index is 749. The zero-order valence-electron chi connectivity index (χ0n) is 9.21. The van der Waals surface area contributed by atoms with Gasteiger partial charge in [0.05, 0.1) is 0 Å². The second-order valence-corrected chi connectivity index (χ2v) is 4.68. The molecule has 0 fully saturated rings. The van der Waals surface area contributed by atoms with Crippen LogP contribution in [0.1, 0.15) is 5.56 Å². The molecule has 0 spiro atoms. The number of aryl methyl sites for hydroxylation is 1. The number of rotatable bonds is 3. The number of hydrogen-bond acceptors (Lipinski definition) is 5. The van der Waals surface area contributed by atoms with Crippen LogP contribution in [0, 0.1) is 6.92 Å². The van der Waals surface area contributed by atoms with Gasteiger partial charge in [0.1, 0.15) is 5.58 Å². The zero-order valence-corrected chi connectivity index (χ0v) is 10.0. The van der Waals surface area contributed by atoms with E-state index < -0.39 is 15.9 Å². The van der Waals surface area contributed by atoms with Crippen LogP contribution in [0.5, 0.6) is 5.75 Å². The largest absolute Gasteiger partial charge is 0.423 e. The Morgan fingerprint density at radius 1 is 1.33 bits per heavy atom. The predicted octanol–water partition coefficient (Wildman–Crippen LogP) is 0.788. The Morgan fingerprint density at radius 2 is 2.06 bits per heavy atom. The van der Waals surface area contributed by atoms with Crippen LogP contribution in [0.3, 0.4) is 0 Å². The SMILES string of the molecule is Cc1cc(=O)oc2cc(ONS(=O)(=O)O)ccc12. The lowest BCUT2D eigenvalue weighted by Crippen LogP contribution is -2.26. The van der Waals surface area contributed by atoms with Crippen molar-refractivity contribution < 1.29 is 22.2 Å². The first-order valence-corrected chi connectivity index (χ1v) is 6.25. The van der Waals surface area contributed by atoms with Gasteiger partial charge in [-0.25, -0.2) is 4.79 Å².